The molecule has 9 nitrogen and oxygen atoms in total. The molecule has 0 radical (unpaired) electrons. The lowest BCUT2D eigenvalue weighted by Crippen LogP contribution is -2.54. The van der Waals surface area contributed by atoms with Gasteiger partial charge in [-0.1, -0.05) is 0 Å². The molecule has 2 saturated heterocycles. The number of hydroxylamine groups is 2. The Labute approximate surface area is 119 Å². The fraction of sp³-hybridized carbons (Fsp3) is 0.667. The molecule has 1 aromatic heterocycles. The van der Waals surface area contributed by atoms with Gasteiger partial charge in [0.2, 0.25) is 0 Å². The number of hydrogen-bond acceptors (Lipinski definition) is 7. The van der Waals surface area contributed by atoms with E-state index in [-0.39, 0.29) is 12.1 Å². The van der Waals surface area contributed by atoms with Crippen molar-refractivity contribution in [3.63, 3.8) is 0 Å². The number of aryl methyl sites for hydroxylation is 1. The van der Waals surface area contributed by atoms with Crippen LogP contribution in [0.25, 0.3) is 0 Å². The highest BCUT2D eigenvalue weighted by atomic mass is 16.6. The Morgan fingerprint density at radius 3 is 2.76 bits per heavy atom. The number of hydrogen-bond donors (Lipinski definition) is 4. The number of nitrogens with one attached hydrogen (secondary N) is 1. The third kappa shape index (κ3) is 1.82. The van der Waals surface area contributed by atoms with Crippen molar-refractivity contribution in [2.45, 2.75) is 43.9 Å². The summed E-state index contributed by atoms with van der Waals surface area (Å²) in [5.41, 5.74) is -2.65. The second-order valence-electron chi connectivity index (χ2n) is 5.62. The van der Waals surface area contributed by atoms with E-state index in [2.05, 4.69) is 4.98 Å². The second-order valence-corrected chi connectivity index (χ2v) is 5.62. The quantitative estimate of drug-likeness (QED) is 0.469. The molecular formula is C12H17N3O6. The third-order valence-corrected chi connectivity index (χ3v) is 4.45. The number of aromatic amines is 1. The third-order valence-electron chi connectivity index (χ3n) is 4.45. The first-order chi connectivity index (χ1) is 9.76. The van der Waals surface area contributed by atoms with Crippen LogP contribution in [0, 0.1) is 6.92 Å². The molecule has 9 heteroatoms. The summed E-state index contributed by atoms with van der Waals surface area (Å²) in [6.45, 7) is 3.09. The zero-order valence-electron chi connectivity index (χ0n) is 11.6. The Morgan fingerprint density at radius 2 is 2.14 bits per heavy atom. The van der Waals surface area contributed by atoms with Crippen molar-refractivity contribution < 1.29 is 20.2 Å². The van der Waals surface area contributed by atoms with E-state index in [1.54, 1.807) is 6.92 Å². The van der Waals surface area contributed by atoms with Gasteiger partial charge in [-0.05, 0) is 13.8 Å². The van der Waals surface area contributed by atoms with Crippen LogP contribution < -0.4 is 11.2 Å². The average molecular weight is 299 g/mol. The van der Waals surface area contributed by atoms with Gasteiger partial charge in [-0.3, -0.25) is 14.3 Å². The summed E-state index contributed by atoms with van der Waals surface area (Å²) in [5.74, 6) is 0. The molecule has 2 aliphatic heterocycles. The lowest BCUT2D eigenvalue weighted by Gasteiger charge is -2.31. The van der Waals surface area contributed by atoms with Crippen LogP contribution in [-0.2, 0) is 4.74 Å². The molecule has 2 aliphatic rings. The number of fused-ring (bicyclic) bond motifs is 1. The van der Waals surface area contributed by atoms with Crippen molar-refractivity contribution >= 4 is 0 Å². The second kappa shape index (κ2) is 4.49. The predicted molar refractivity (Wildman–Crippen MR) is 68.9 cm³/mol. The van der Waals surface area contributed by atoms with Crippen molar-refractivity contribution in [1.29, 1.82) is 0 Å². The SMILES string of the molecule is Cc1cn(C2O[C@@H]3CN(O)[C@H](C)[C@]3(O)C2O)c(=O)[nH]c1=O. The van der Waals surface area contributed by atoms with E-state index in [1.807, 2.05) is 0 Å². The van der Waals surface area contributed by atoms with Crippen molar-refractivity contribution in [3.8, 4) is 0 Å². The molecule has 21 heavy (non-hydrogen) atoms. The molecule has 3 rings (SSSR count). The van der Waals surface area contributed by atoms with Crippen LogP contribution in [0.4, 0.5) is 0 Å². The Hall–Kier alpha value is -1.52. The number of ether oxygens (including phenoxy) is 1. The molecule has 3 heterocycles. The van der Waals surface area contributed by atoms with E-state index in [9.17, 15) is 25.0 Å². The largest absolute Gasteiger partial charge is 0.385 e. The van der Waals surface area contributed by atoms with Crippen LogP contribution in [0.5, 0.6) is 0 Å². The van der Waals surface area contributed by atoms with Gasteiger partial charge in [0.05, 0.1) is 12.6 Å². The smallest absolute Gasteiger partial charge is 0.330 e. The van der Waals surface area contributed by atoms with Gasteiger partial charge in [-0.25, -0.2) is 4.79 Å². The van der Waals surface area contributed by atoms with E-state index in [4.69, 9.17) is 4.74 Å². The van der Waals surface area contributed by atoms with Gasteiger partial charge >= 0.3 is 5.69 Å². The maximum atomic E-state index is 11.9. The van der Waals surface area contributed by atoms with Crippen molar-refractivity contribution in [3.05, 3.63) is 32.6 Å². The number of rotatable bonds is 1. The molecule has 4 N–H and O–H groups in total. The van der Waals surface area contributed by atoms with Crippen molar-refractivity contribution in [2.75, 3.05) is 6.54 Å². The van der Waals surface area contributed by atoms with Crippen LogP contribution in [0.3, 0.4) is 0 Å². The molecular weight excluding hydrogens is 282 g/mol. The van der Waals surface area contributed by atoms with Crippen LogP contribution >= 0.6 is 0 Å². The molecule has 0 amide bonds. The first-order valence-corrected chi connectivity index (χ1v) is 6.60. The fourth-order valence-corrected chi connectivity index (χ4v) is 3.04. The van der Waals surface area contributed by atoms with E-state index in [0.717, 1.165) is 9.63 Å². The first-order valence-electron chi connectivity index (χ1n) is 6.60. The van der Waals surface area contributed by atoms with Crippen LogP contribution in [0.15, 0.2) is 15.8 Å². The van der Waals surface area contributed by atoms with Gasteiger partial charge < -0.3 is 20.2 Å². The molecule has 116 valence electrons. The van der Waals surface area contributed by atoms with Crippen molar-refractivity contribution in [2.24, 2.45) is 0 Å². The molecule has 0 bridgehead atoms. The Morgan fingerprint density at radius 1 is 1.48 bits per heavy atom. The summed E-state index contributed by atoms with van der Waals surface area (Å²) in [7, 11) is 0. The molecule has 1 aromatic rings. The summed E-state index contributed by atoms with van der Waals surface area (Å²) in [6, 6.07) is -0.748. The zero-order valence-corrected chi connectivity index (χ0v) is 11.6. The zero-order chi connectivity index (χ0) is 15.5. The molecule has 0 aromatic carbocycles. The minimum Gasteiger partial charge on any atom is -0.385 e. The van der Waals surface area contributed by atoms with Gasteiger partial charge in [-0.2, -0.15) is 5.06 Å². The van der Waals surface area contributed by atoms with Gasteiger partial charge in [-0.15, -0.1) is 0 Å². The summed E-state index contributed by atoms with van der Waals surface area (Å²) in [6.07, 6.45) is -2.10. The summed E-state index contributed by atoms with van der Waals surface area (Å²) in [4.78, 5) is 25.4. The number of H-pyrrole nitrogens is 1. The summed E-state index contributed by atoms with van der Waals surface area (Å²) in [5, 5.41) is 31.5. The van der Waals surface area contributed by atoms with Gasteiger partial charge in [0.1, 0.15) is 17.8 Å². The lowest BCUT2D eigenvalue weighted by atomic mass is 9.89. The van der Waals surface area contributed by atoms with E-state index in [0.29, 0.717) is 0 Å². The Kier molecular flexibility index (Phi) is 3.08. The highest BCUT2D eigenvalue weighted by molar-refractivity contribution is 5.13. The van der Waals surface area contributed by atoms with Crippen molar-refractivity contribution in [1.82, 2.24) is 14.6 Å². The van der Waals surface area contributed by atoms with E-state index in [1.165, 1.54) is 13.1 Å². The molecule has 5 atom stereocenters. The van der Waals surface area contributed by atoms with Crippen LogP contribution in [-0.4, -0.2) is 60.4 Å². The average Bonchev–Trinajstić information content (AvgIpc) is 2.79. The predicted octanol–water partition coefficient (Wildman–Crippen LogP) is -2.07. The minimum absolute atomic E-state index is 0.0162. The van der Waals surface area contributed by atoms with Gasteiger partial charge in [0.15, 0.2) is 6.23 Å². The molecule has 0 saturated carbocycles. The van der Waals surface area contributed by atoms with Crippen LogP contribution in [0.1, 0.15) is 18.7 Å². The Balaban J connectivity index is 2.03. The number of nitrogens with zero attached hydrogens (tertiary/aromatic N) is 2. The monoisotopic (exact) mass is 299 g/mol. The summed E-state index contributed by atoms with van der Waals surface area (Å²) >= 11 is 0. The lowest BCUT2D eigenvalue weighted by molar-refractivity contribution is -0.162. The van der Waals surface area contributed by atoms with E-state index < -0.39 is 41.3 Å². The fourth-order valence-electron chi connectivity index (χ4n) is 3.04. The molecule has 2 fully saturated rings. The highest BCUT2D eigenvalue weighted by Gasteiger charge is 2.64. The summed E-state index contributed by atoms with van der Waals surface area (Å²) < 4.78 is 6.59. The molecule has 2 unspecified atom stereocenters. The number of aromatic nitrogens is 2. The Bertz CT molecular complexity index is 684. The molecule has 0 aliphatic carbocycles. The first kappa shape index (κ1) is 14.4. The number of aliphatic hydroxyl groups excluding tert-OH is 1. The topological polar surface area (TPSA) is 128 Å². The van der Waals surface area contributed by atoms with Gasteiger partial charge in [0.25, 0.3) is 5.56 Å². The normalized spacial score (nSPS) is 39.7. The highest BCUT2D eigenvalue weighted by Crippen LogP contribution is 2.44. The van der Waals surface area contributed by atoms with E-state index >= 15 is 0 Å². The maximum Gasteiger partial charge on any atom is 0.330 e. The molecule has 0 spiro atoms. The van der Waals surface area contributed by atoms with Crippen LogP contribution in [0.2, 0.25) is 0 Å². The van der Waals surface area contributed by atoms with Gasteiger partial charge in [0, 0.05) is 11.8 Å². The standard InChI is InChI=1S/C12H17N3O6/c1-5-3-14(11(18)13-9(5)17)10-8(16)12(19)6(2)15(20)4-7(12)21-10/h3,6-8,10,16,19-20H,4H2,1-2H3,(H,13,17,18)/t6-,7-,8?,10?,12-/m1/s1. The minimum atomic E-state index is -1.69. The number of aliphatic hydroxyl groups is 2. The maximum absolute atomic E-state index is 11.9.